The normalized spacial score (nSPS) is 34.6. The van der Waals surface area contributed by atoms with Crippen LogP contribution in [0.15, 0.2) is 0 Å². The molecule has 2 fully saturated rings. The molecule has 2 aliphatic rings. The maximum absolute atomic E-state index is 3.76. The number of nitrogens with zero attached hydrogens (tertiary/aromatic N) is 1. The van der Waals surface area contributed by atoms with Crippen molar-refractivity contribution >= 4 is 0 Å². The van der Waals surface area contributed by atoms with E-state index in [0.717, 1.165) is 29.8 Å². The Morgan fingerprint density at radius 3 is 2.57 bits per heavy atom. The van der Waals surface area contributed by atoms with Crippen LogP contribution >= 0.6 is 0 Å². The molecule has 21 heavy (non-hydrogen) atoms. The summed E-state index contributed by atoms with van der Waals surface area (Å²) in [6.45, 7) is 13.5. The van der Waals surface area contributed by atoms with Gasteiger partial charge in [-0.3, -0.25) is 4.90 Å². The van der Waals surface area contributed by atoms with E-state index in [4.69, 9.17) is 0 Å². The molecule has 0 bridgehead atoms. The molecule has 1 aliphatic carbocycles. The molecule has 2 nitrogen and oxygen atoms in total. The van der Waals surface area contributed by atoms with Gasteiger partial charge in [-0.1, -0.05) is 40.5 Å². The number of piperidine rings is 1. The topological polar surface area (TPSA) is 15.3 Å². The lowest BCUT2D eigenvalue weighted by Crippen LogP contribution is -2.52. The second kappa shape index (κ2) is 8.53. The molecule has 1 heterocycles. The standard InChI is InChI=1S/C19H38N2/c1-5-12-21(14-17-8-6-7-11-20-17)19-13-16(4)9-10-18(19)15(2)3/h15-20H,5-14H2,1-4H3. The van der Waals surface area contributed by atoms with Gasteiger partial charge in [-0.2, -0.15) is 0 Å². The van der Waals surface area contributed by atoms with Crippen molar-refractivity contribution in [1.82, 2.24) is 10.2 Å². The summed E-state index contributed by atoms with van der Waals surface area (Å²) in [6.07, 6.45) is 9.79. The predicted molar refractivity (Wildman–Crippen MR) is 92.6 cm³/mol. The number of rotatable bonds is 6. The molecular formula is C19H38N2. The van der Waals surface area contributed by atoms with E-state index in [0.29, 0.717) is 0 Å². The molecule has 2 rings (SSSR count). The summed E-state index contributed by atoms with van der Waals surface area (Å²) in [4.78, 5) is 2.86. The van der Waals surface area contributed by atoms with Crippen molar-refractivity contribution in [3.63, 3.8) is 0 Å². The lowest BCUT2D eigenvalue weighted by atomic mass is 9.73. The van der Waals surface area contributed by atoms with Gasteiger partial charge in [0, 0.05) is 18.6 Å². The van der Waals surface area contributed by atoms with Gasteiger partial charge in [0.05, 0.1) is 0 Å². The van der Waals surface area contributed by atoms with Crippen LogP contribution in [0.2, 0.25) is 0 Å². The van der Waals surface area contributed by atoms with Gasteiger partial charge >= 0.3 is 0 Å². The number of nitrogens with one attached hydrogen (secondary N) is 1. The van der Waals surface area contributed by atoms with Crippen LogP contribution in [0.4, 0.5) is 0 Å². The minimum atomic E-state index is 0.746. The van der Waals surface area contributed by atoms with Gasteiger partial charge in [-0.15, -0.1) is 0 Å². The minimum absolute atomic E-state index is 0.746. The fourth-order valence-electron chi connectivity index (χ4n) is 4.61. The van der Waals surface area contributed by atoms with Crippen LogP contribution in [0.25, 0.3) is 0 Å². The lowest BCUT2D eigenvalue weighted by Gasteiger charge is -2.45. The predicted octanol–water partition coefficient (Wildman–Crippen LogP) is 4.30. The second-order valence-corrected chi connectivity index (χ2v) is 8.04. The van der Waals surface area contributed by atoms with E-state index in [9.17, 15) is 0 Å². The van der Waals surface area contributed by atoms with E-state index in [1.807, 2.05) is 0 Å². The van der Waals surface area contributed by atoms with Crippen LogP contribution in [0.5, 0.6) is 0 Å². The van der Waals surface area contributed by atoms with Gasteiger partial charge in [0.25, 0.3) is 0 Å². The summed E-state index contributed by atoms with van der Waals surface area (Å²) < 4.78 is 0. The third-order valence-corrected chi connectivity index (χ3v) is 5.83. The van der Waals surface area contributed by atoms with Crippen molar-refractivity contribution in [2.24, 2.45) is 17.8 Å². The maximum Gasteiger partial charge on any atom is 0.0195 e. The van der Waals surface area contributed by atoms with Crippen LogP contribution in [0.1, 0.15) is 72.6 Å². The fraction of sp³-hybridized carbons (Fsp3) is 1.00. The average Bonchev–Trinajstić information content (AvgIpc) is 2.47. The molecule has 4 atom stereocenters. The van der Waals surface area contributed by atoms with Gasteiger partial charge in [0.15, 0.2) is 0 Å². The highest BCUT2D eigenvalue weighted by atomic mass is 15.2. The first kappa shape index (κ1) is 17.3. The van der Waals surface area contributed by atoms with Gasteiger partial charge < -0.3 is 5.32 Å². The fourth-order valence-corrected chi connectivity index (χ4v) is 4.61. The van der Waals surface area contributed by atoms with Crippen molar-refractivity contribution in [2.45, 2.75) is 84.7 Å². The Morgan fingerprint density at radius 2 is 1.95 bits per heavy atom. The van der Waals surface area contributed by atoms with Crippen LogP contribution in [0.3, 0.4) is 0 Å². The van der Waals surface area contributed by atoms with Gasteiger partial charge in [-0.05, 0) is 62.9 Å². The summed E-state index contributed by atoms with van der Waals surface area (Å²) in [6, 6.07) is 1.58. The Kier molecular flexibility index (Phi) is 7.01. The Labute approximate surface area is 133 Å². The van der Waals surface area contributed by atoms with E-state index in [1.165, 1.54) is 64.6 Å². The molecule has 0 amide bonds. The van der Waals surface area contributed by atoms with Gasteiger partial charge in [-0.25, -0.2) is 0 Å². The van der Waals surface area contributed by atoms with E-state index < -0.39 is 0 Å². The molecule has 0 aromatic heterocycles. The van der Waals surface area contributed by atoms with E-state index in [2.05, 4.69) is 37.9 Å². The van der Waals surface area contributed by atoms with E-state index in [1.54, 1.807) is 0 Å². The molecule has 0 aromatic rings. The molecule has 4 unspecified atom stereocenters. The third kappa shape index (κ3) is 4.96. The molecule has 1 N–H and O–H groups in total. The lowest BCUT2D eigenvalue weighted by molar-refractivity contribution is 0.0498. The first-order valence-electron chi connectivity index (χ1n) is 9.59. The maximum atomic E-state index is 3.76. The summed E-state index contributed by atoms with van der Waals surface area (Å²) in [5.41, 5.74) is 0. The van der Waals surface area contributed by atoms with Crippen molar-refractivity contribution in [1.29, 1.82) is 0 Å². The van der Waals surface area contributed by atoms with Crippen molar-refractivity contribution in [2.75, 3.05) is 19.6 Å². The van der Waals surface area contributed by atoms with Gasteiger partial charge in [0.1, 0.15) is 0 Å². The van der Waals surface area contributed by atoms with Crippen molar-refractivity contribution < 1.29 is 0 Å². The molecule has 2 heteroatoms. The molecule has 1 saturated carbocycles. The second-order valence-electron chi connectivity index (χ2n) is 8.04. The first-order valence-corrected chi connectivity index (χ1v) is 9.59. The Hall–Kier alpha value is -0.0800. The summed E-state index contributed by atoms with van der Waals surface area (Å²) in [5, 5.41) is 3.76. The smallest absolute Gasteiger partial charge is 0.0195 e. The van der Waals surface area contributed by atoms with Crippen molar-refractivity contribution in [3.05, 3.63) is 0 Å². The highest BCUT2D eigenvalue weighted by molar-refractivity contribution is 4.89. The molecule has 1 saturated heterocycles. The molecule has 124 valence electrons. The largest absolute Gasteiger partial charge is 0.313 e. The highest BCUT2D eigenvalue weighted by Crippen LogP contribution is 2.36. The third-order valence-electron chi connectivity index (χ3n) is 5.83. The zero-order chi connectivity index (χ0) is 15.2. The van der Waals surface area contributed by atoms with Crippen LogP contribution in [0, 0.1) is 17.8 Å². The average molecular weight is 295 g/mol. The molecule has 1 aliphatic heterocycles. The van der Waals surface area contributed by atoms with Crippen LogP contribution in [-0.2, 0) is 0 Å². The summed E-state index contributed by atoms with van der Waals surface area (Å²) in [5.74, 6) is 2.67. The first-order chi connectivity index (χ1) is 10.1. The number of hydrogen-bond donors (Lipinski definition) is 1. The molecule has 0 radical (unpaired) electrons. The Bertz CT molecular complexity index is 283. The molecule has 0 spiro atoms. The molecular weight excluding hydrogens is 256 g/mol. The number of hydrogen-bond acceptors (Lipinski definition) is 2. The van der Waals surface area contributed by atoms with Crippen molar-refractivity contribution in [3.8, 4) is 0 Å². The molecule has 0 aromatic carbocycles. The van der Waals surface area contributed by atoms with Crippen LogP contribution < -0.4 is 5.32 Å². The zero-order valence-electron chi connectivity index (χ0n) is 14.9. The SMILES string of the molecule is CCCN(CC1CCCCN1)C1CC(C)CCC1C(C)C. The summed E-state index contributed by atoms with van der Waals surface area (Å²) >= 11 is 0. The van der Waals surface area contributed by atoms with E-state index >= 15 is 0 Å². The van der Waals surface area contributed by atoms with Crippen LogP contribution in [-0.4, -0.2) is 36.6 Å². The zero-order valence-corrected chi connectivity index (χ0v) is 14.9. The quantitative estimate of drug-likeness (QED) is 0.785. The van der Waals surface area contributed by atoms with E-state index in [-0.39, 0.29) is 0 Å². The summed E-state index contributed by atoms with van der Waals surface area (Å²) in [7, 11) is 0. The Morgan fingerprint density at radius 1 is 1.14 bits per heavy atom. The minimum Gasteiger partial charge on any atom is -0.313 e. The Balaban J connectivity index is 2.01. The highest BCUT2D eigenvalue weighted by Gasteiger charge is 2.35. The van der Waals surface area contributed by atoms with Gasteiger partial charge in [0.2, 0.25) is 0 Å². The monoisotopic (exact) mass is 294 g/mol.